The number of halogens is 1. The zero-order chi connectivity index (χ0) is 20.8. The fourth-order valence-electron chi connectivity index (χ4n) is 3.78. The van der Waals surface area contributed by atoms with Crippen molar-refractivity contribution in [1.82, 2.24) is 14.5 Å². The summed E-state index contributed by atoms with van der Waals surface area (Å²) >= 11 is 0. The van der Waals surface area contributed by atoms with Crippen LogP contribution in [0.25, 0.3) is 11.0 Å². The fraction of sp³-hybridized carbons (Fsp3) is 0.571. The number of hydrogen-bond acceptors (Lipinski definition) is 5. The molecule has 0 radical (unpaired) electrons. The molecule has 3 N–H and O–H groups in total. The average Bonchev–Trinajstić information content (AvgIpc) is 2.95. The number of imide groups is 1. The van der Waals surface area contributed by atoms with Gasteiger partial charge in [0.25, 0.3) is 0 Å². The van der Waals surface area contributed by atoms with E-state index >= 15 is 0 Å². The van der Waals surface area contributed by atoms with Crippen molar-refractivity contribution in [3.05, 3.63) is 34.2 Å². The Morgan fingerprint density at radius 3 is 2.53 bits per heavy atom. The molecule has 0 bridgehead atoms. The summed E-state index contributed by atoms with van der Waals surface area (Å²) in [6.45, 7) is 2.22. The molecule has 1 unspecified atom stereocenters. The Hall–Kier alpha value is -2.16. The van der Waals surface area contributed by atoms with Crippen molar-refractivity contribution in [1.29, 1.82) is 0 Å². The summed E-state index contributed by atoms with van der Waals surface area (Å²) in [6, 6.07) is 5.28. The number of ether oxygens (including phenoxy) is 1. The summed E-state index contributed by atoms with van der Waals surface area (Å²) in [7, 11) is 1.71. The van der Waals surface area contributed by atoms with Crippen LogP contribution >= 0.6 is 12.4 Å². The lowest BCUT2D eigenvalue weighted by Gasteiger charge is -2.21. The molecule has 166 valence electrons. The number of nitrogens with two attached hydrogens (primary N) is 1. The number of carbonyl (C=O) groups is 2. The highest BCUT2D eigenvalue weighted by atomic mass is 35.5. The van der Waals surface area contributed by atoms with Gasteiger partial charge in [0.2, 0.25) is 11.8 Å². The van der Waals surface area contributed by atoms with Gasteiger partial charge in [0.05, 0.1) is 11.0 Å². The van der Waals surface area contributed by atoms with Crippen LogP contribution in [0.15, 0.2) is 23.0 Å². The van der Waals surface area contributed by atoms with Gasteiger partial charge in [0.15, 0.2) is 0 Å². The number of aromatic nitrogens is 2. The molecule has 30 heavy (non-hydrogen) atoms. The third-order valence-corrected chi connectivity index (χ3v) is 5.42. The molecular weight excluding hydrogens is 408 g/mol. The largest absolute Gasteiger partial charge is 0.381 e. The summed E-state index contributed by atoms with van der Waals surface area (Å²) in [6.07, 6.45) is 5.48. The third-order valence-electron chi connectivity index (χ3n) is 5.42. The van der Waals surface area contributed by atoms with Crippen molar-refractivity contribution < 1.29 is 14.3 Å². The Morgan fingerprint density at radius 1 is 1.10 bits per heavy atom. The number of amides is 2. The van der Waals surface area contributed by atoms with Gasteiger partial charge in [-0.3, -0.25) is 24.0 Å². The van der Waals surface area contributed by atoms with E-state index in [0.29, 0.717) is 13.0 Å². The summed E-state index contributed by atoms with van der Waals surface area (Å²) in [5.74, 6) is -0.698. The van der Waals surface area contributed by atoms with E-state index < -0.39 is 11.9 Å². The van der Waals surface area contributed by atoms with Crippen molar-refractivity contribution in [3.63, 3.8) is 0 Å². The lowest BCUT2D eigenvalue weighted by atomic mass is 10.0. The lowest BCUT2D eigenvalue weighted by molar-refractivity contribution is -0.135. The second kappa shape index (κ2) is 11.3. The van der Waals surface area contributed by atoms with E-state index in [0.717, 1.165) is 61.9 Å². The molecule has 0 spiro atoms. The van der Waals surface area contributed by atoms with Gasteiger partial charge in [-0.05, 0) is 62.8 Å². The standard InChI is InChI=1S/C21H30N4O4.ClH/c1-24-18-14-15(6-2-4-12-29-13-5-3-11-22)7-8-16(18)25(21(24)28)17-9-10-19(26)23-20(17)27;/h7-8,14,17H,2-6,9-13,22H2,1H3,(H,23,26,27);1H. The molecule has 1 aromatic heterocycles. The summed E-state index contributed by atoms with van der Waals surface area (Å²) in [5, 5.41) is 2.33. The van der Waals surface area contributed by atoms with Crippen molar-refractivity contribution in [2.45, 2.75) is 51.0 Å². The molecule has 0 aliphatic carbocycles. The average molecular weight is 439 g/mol. The molecule has 1 aliphatic rings. The van der Waals surface area contributed by atoms with Crippen LogP contribution in [0, 0.1) is 0 Å². The minimum absolute atomic E-state index is 0. The lowest BCUT2D eigenvalue weighted by Crippen LogP contribution is -2.44. The van der Waals surface area contributed by atoms with Crippen LogP contribution in [0.3, 0.4) is 0 Å². The Labute approximate surface area is 182 Å². The van der Waals surface area contributed by atoms with Gasteiger partial charge in [0, 0.05) is 26.7 Å². The predicted octanol–water partition coefficient (Wildman–Crippen LogP) is 1.82. The van der Waals surface area contributed by atoms with Crippen molar-refractivity contribution in [3.8, 4) is 0 Å². The highest BCUT2D eigenvalue weighted by Gasteiger charge is 2.31. The van der Waals surface area contributed by atoms with E-state index in [9.17, 15) is 14.4 Å². The minimum Gasteiger partial charge on any atom is -0.381 e. The number of benzene rings is 1. The van der Waals surface area contributed by atoms with Gasteiger partial charge in [-0.2, -0.15) is 0 Å². The van der Waals surface area contributed by atoms with Crippen LogP contribution in [0.4, 0.5) is 0 Å². The number of fused-ring (bicyclic) bond motifs is 1. The van der Waals surface area contributed by atoms with E-state index in [2.05, 4.69) is 5.32 Å². The molecule has 8 nitrogen and oxygen atoms in total. The molecule has 2 aromatic rings. The summed E-state index contributed by atoms with van der Waals surface area (Å²) in [5.41, 5.74) is 7.89. The monoisotopic (exact) mass is 438 g/mol. The smallest absolute Gasteiger partial charge is 0.329 e. The van der Waals surface area contributed by atoms with Gasteiger partial charge < -0.3 is 10.5 Å². The van der Waals surface area contributed by atoms with Gasteiger partial charge in [-0.15, -0.1) is 12.4 Å². The maximum absolute atomic E-state index is 12.8. The Balaban J connectivity index is 0.00000320. The number of aryl methyl sites for hydroxylation is 2. The van der Waals surface area contributed by atoms with E-state index in [1.165, 1.54) is 4.57 Å². The second-order valence-electron chi connectivity index (χ2n) is 7.57. The third kappa shape index (κ3) is 5.50. The number of hydrogen-bond donors (Lipinski definition) is 2. The second-order valence-corrected chi connectivity index (χ2v) is 7.57. The first-order valence-electron chi connectivity index (χ1n) is 10.3. The molecule has 1 fully saturated rings. The highest BCUT2D eigenvalue weighted by Crippen LogP contribution is 2.24. The number of carbonyl (C=O) groups excluding carboxylic acids is 2. The van der Waals surface area contributed by atoms with Crippen LogP contribution in [0.2, 0.25) is 0 Å². The number of unbranched alkanes of at least 4 members (excludes halogenated alkanes) is 2. The molecule has 3 rings (SSSR count). The zero-order valence-corrected chi connectivity index (χ0v) is 18.2. The van der Waals surface area contributed by atoms with Crippen molar-refractivity contribution in [2.75, 3.05) is 19.8 Å². The van der Waals surface area contributed by atoms with Crippen LogP contribution in [0.1, 0.15) is 50.1 Å². The normalized spacial score (nSPS) is 16.5. The molecule has 2 heterocycles. The van der Waals surface area contributed by atoms with Crippen LogP contribution < -0.4 is 16.7 Å². The van der Waals surface area contributed by atoms with Crippen LogP contribution in [0.5, 0.6) is 0 Å². The Morgan fingerprint density at radius 2 is 1.83 bits per heavy atom. The van der Waals surface area contributed by atoms with Gasteiger partial charge in [-0.1, -0.05) is 6.07 Å². The molecule has 1 aromatic carbocycles. The number of piperidine rings is 1. The predicted molar refractivity (Wildman–Crippen MR) is 118 cm³/mol. The summed E-state index contributed by atoms with van der Waals surface area (Å²) in [4.78, 5) is 36.4. The minimum atomic E-state index is -0.647. The van der Waals surface area contributed by atoms with Gasteiger partial charge in [0.1, 0.15) is 6.04 Å². The number of rotatable bonds is 10. The fourth-order valence-corrected chi connectivity index (χ4v) is 3.78. The van der Waals surface area contributed by atoms with Crippen molar-refractivity contribution in [2.24, 2.45) is 12.8 Å². The quantitative estimate of drug-likeness (QED) is 0.434. The number of nitrogens with zero attached hydrogens (tertiary/aromatic N) is 2. The summed E-state index contributed by atoms with van der Waals surface area (Å²) < 4.78 is 8.68. The van der Waals surface area contributed by atoms with Crippen LogP contribution in [-0.2, 0) is 27.8 Å². The van der Waals surface area contributed by atoms with E-state index in [1.807, 2.05) is 18.2 Å². The Kier molecular flexibility index (Phi) is 9.08. The molecule has 1 atom stereocenters. The molecule has 1 aliphatic heterocycles. The first-order valence-corrected chi connectivity index (χ1v) is 10.3. The maximum Gasteiger partial charge on any atom is 0.329 e. The van der Waals surface area contributed by atoms with E-state index in [4.69, 9.17) is 10.5 Å². The molecule has 9 heteroatoms. The zero-order valence-electron chi connectivity index (χ0n) is 17.4. The molecular formula is C21H31ClN4O4. The van der Waals surface area contributed by atoms with E-state index in [1.54, 1.807) is 11.6 Å². The highest BCUT2D eigenvalue weighted by molar-refractivity contribution is 6.00. The number of imidazole rings is 1. The molecule has 2 amide bonds. The maximum atomic E-state index is 12.8. The molecule has 0 saturated carbocycles. The SMILES string of the molecule is Cl.Cn1c(=O)n(C2CCC(=O)NC2=O)c2ccc(CCCCOCCCCN)cc21. The number of nitrogens with one attached hydrogen (secondary N) is 1. The first-order chi connectivity index (χ1) is 14.0. The van der Waals surface area contributed by atoms with Crippen LogP contribution in [-0.4, -0.2) is 40.7 Å². The van der Waals surface area contributed by atoms with Crippen molar-refractivity contribution >= 4 is 35.3 Å². The molecule has 1 saturated heterocycles. The Bertz CT molecular complexity index is 937. The van der Waals surface area contributed by atoms with Gasteiger partial charge in [-0.25, -0.2) is 4.79 Å². The van der Waals surface area contributed by atoms with E-state index in [-0.39, 0.29) is 30.4 Å². The van der Waals surface area contributed by atoms with Gasteiger partial charge >= 0.3 is 5.69 Å². The topological polar surface area (TPSA) is 108 Å². The first kappa shape index (κ1) is 24.1.